The van der Waals surface area contributed by atoms with Crippen LogP contribution in [-0.4, -0.2) is 42.5 Å². The second kappa shape index (κ2) is 14.1. The fourth-order valence-electron chi connectivity index (χ4n) is 4.74. The molecular formula is C32H36N4O3. The lowest BCUT2D eigenvalue weighted by atomic mass is 10.0. The third-order valence-corrected chi connectivity index (χ3v) is 6.95. The molecule has 7 heteroatoms. The molecule has 2 amide bonds. The van der Waals surface area contributed by atoms with Gasteiger partial charge >= 0.3 is 0 Å². The molecule has 202 valence electrons. The number of nitriles is 1. The highest BCUT2D eigenvalue weighted by atomic mass is 16.5. The Morgan fingerprint density at radius 3 is 2.56 bits per heavy atom. The minimum Gasteiger partial charge on any atom is -0.489 e. The lowest BCUT2D eigenvalue weighted by molar-refractivity contribution is -0.128. The second-order valence-corrected chi connectivity index (χ2v) is 9.87. The molecule has 1 aliphatic carbocycles. The largest absolute Gasteiger partial charge is 0.489 e. The first-order valence-corrected chi connectivity index (χ1v) is 13.6. The summed E-state index contributed by atoms with van der Waals surface area (Å²) >= 11 is 0. The molecule has 1 fully saturated rings. The molecule has 0 radical (unpaired) electrons. The van der Waals surface area contributed by atoms with Crippen molar-refractivity contribution in [1.29, 1.82) is 5.26 Å². The minimum atomic E-state index is -0.520. The van der Waals surface area contributed by atoms with Gasteiger partial charge in [-0.05, 0) is 67.2 Å². The van der Waals surface area contributed by atoms with E-state index in [2.05, 4.69) is 28.9 Å². The highest BCUT2D eigenvalue weighted by Gasteiger charge is 2.26. The van der Waals surface area contributed by atoms with Crippen LogP contribution in [0.15, 0.2) is 90.4 Å². The fraction of sp³-hybridized carbons (Fsp3) is 0.344. The third kappa shape index (κ3) is 8.42. The van der Waals surface area contributed by atoms with Crippen LogP contribution in [0, 0.1) is 11.3 Å². The molecule has 2 aromatic carbocycles. The standard InChI is InChI=1S/C32H36N4O3/c1-24(37)36-21-19-30(23-36)39-29-11-7-3-6-10-28(16-17-29)35-32(38)31(27-8-4-2-5-9-27)34-20-18-25-12-14-26(22-33)15-13-25/h2,4-5,8-17,30-31,34H,3,6-7,18-21,23H2,1H3,(H,35,38)/b17-16-,28-10-,29-11+/t30?,31-/m0/s1. The number of amides is 2. The molecule has 1 aliphatic heterocycles. The number of allylic oxidation sites excluding steroid dienone is 4. The Morgan fingerprint density at radius 1 is 1.08 bits per heavy atom. The van der Waals surface area contributed by atoms with Gasteiger partial charge in [-0.1, -0.05) is 48.5 Å². The topological polar surface area (TPSA) is 94.5 Å². The van der Waals surface area contributed by atoms with Crippen LogP contribution in [0.1, 0.15) is 55.3 Å². The number of carbonyl (C=O) groups excluding carboxylic acids is 2. The molecule has 0 aromatic heterocycles. The maximum Gasteiger partial charge on any atom is 0.246 e. The number of likely N-dealkylation sites (tertiary alicyclic amines) is 1. The van der Waals surface area contributed by atoms with E-state index in [1.807, 2.05) is 71.6 Å². The molecule has 2 aromatic rings. The summed E-state index contributed by atoms with van der Waals surface area (Å²) in [6, 6.07) is 18.8. The van der Waals surface area contributed by atoms with Gasteiger partial charge in [-0.2, -0.15) is 5.26 Å². The van der Waals surface area contributed by atoms with E-state index in [9.17, 15) is 9.59 Å². The zero-order valence-electron chi connectivity index (χ0n) is 22.4. The number of hydrogen-bond acceptors (Lipinski definition) is 5. The Hall–Kier alpha value is -4.15. The fourth-order valence-corrected chi connectivity index (χ4v) is 4.74. The molecule has 1 saturated heterocycles. The zero-order valence-corrected chi connectivity index (χ0v) is 22.4. The summed E-state index contributed by atoms with van der Waals surface area (Å²) in [5.74, 6) is 0.717. The van der Waals surface area contributed by atoms with Gasteiger partial charge in [-0.3, -0.25) is 9.59 Å². The first kappa shape index (κ1) is 27.9. The van der Waals surface area contributed by atoms with Crippen molar-refractivity contribution in [2.75, 3.05) is 19.6 Å². The lowest BCUT2D eigenvalue weighted by Gasteiger charge is -2.20. The molecule has 2 atom stereocenters. The van der Waals surface area contributed by atoms with Gasteiger partial charge in [0.15, 0.2) is 0 Å². The lowest BCUT2D eigenvalue weighted by Crippen LogP contribution is -2.37. The Labute approximate surface area is 230 Å². The molecule has 1 heterocycles. The van der Waals surface area contributed by atoms with Crippen molar-refractivity contribution < 1.29 is 14.3 Å². The molecule has 4 rings (SSSR count). The van der Waals surface area contributed by atoms with E-state index in [1.165, 1.54) is 0 Å². The van der Waals surface area contributed by atoms with Crippen LogP contribution in [0.25, 0.3) is 0 Å². The monoisotopic (exact) mass is 524 g/mol. The van der Waals surface area contributed by atoms with Gasteiger partial charge in [0.1, 0.15) is 17.9 Å². The first-order chi connectivity index (χ1) is 19.0. The molecule has 1 unspecified atom stereocenters. The molecule has 2 N–H and O–H groups in total. The predicted molar refractivity (Wildman–Crippen MR) is 151 cm³/mol. The SMILES string of the molecule is CC(=O)N1CCC(OC2=C/CCC/C=C(NC(=O)[C@@H](NCCc3ccc(C#N)cc3)c3ccccc3)/C=C\2)C1. The predicted octanol–water partition coefficient (Wildman–Crippen LogP) is 4.69. The molecule has 7 nitrogen and oxygen atoms in total. The van der Waals surface area contributed by atoms with Crippen LogP contribution in [0.4, 0.5) is 0 Å². The first-order valence-electron chi connectivity index (χ1n) is 13.6. The number of rotatable bonds is 9. The summed E-state index contributed by atoms with van der Waals surface area (Å²) < 4.78 is 6.21. The van der Waals surface area contributed by atoms with Crippen molar-refractivity contribution in [3.05, 3.63) is 107 Å². The smallest absolute Gasteiger partial charge is 0.246 e. The van der Waals surface area contributed by atoms with E-state index in [0.717, 1.165) is 61.2 Å². The van der Waals surface area contributed by atoms with Gasteiger partial charge in [0.2, 0.25) is 11.8 Å². The van der Waals surface area contributed by atoms with E-state index >= 15 is 0 Å². The van der Waals surface area contributed by atoms with Gasteiger partial charge in [-0.15, -0.1) is 0 Å². The summed E-state index contributed by atoms with van der Waals surface area (Å²) in [6.07, 6.45) is 12.1. The van der Waals surface area contributed by atoms with Crippen LogP contribution in [-0.2, 0) is 20.7 Å². The van der Waals surface area contributed by atoms with Crippen molar-refractivity contribution in [3.8, 4) is 6.07 Å². The number of carbonyl (C=O) groups is 2. The van der Waals surface area contributed by atoms with Gasteiger partial charge in [0.25, 0.3) is 0 Å². The van der Waals surface area contributed by atoms with Crippen LogP contribution < -0.4 is 10.6 Å². The zero-order chi connectivity index (χ0) is 27.5. The second-order valence-electron chi connectivity index (χ2n) is 9.87. The Kier molecular flexibility index (Phi) is 10.1. The van der Waals surface area contributed by atoms with E-state index in [1.54, 1.807) is 6.92 Å². The highest BCUT2D eigenvalue weighted by molar-refractivity contribution is 5.85. The normalized spacial score (nSPS) is 21.5. The molecule has 2 aliphatic rings. The van der Waals surface area contributed by atoms with E-state index in [4.69, 9.17) is 10.00 Å². The average molecular weight is 525 g/mol. The maximum atomic E-state index is 13.5. The van der Waals surface area contributed by atoms with Crippen LogP contribution in [0.5, 0.6) is 0 Å². The van der Waals surface area contributed by atoms with E-state index in [-0.39, 0.29) is 17.9 Å². The molecule has 0 spiro atoms. The maximum absolute atomic E-state index is 13.5. The van der Waals surface area contributed by atoms with Crippen molar-refractivity contribution in [2.24, 2.45) is 0 Å². The number of hydrogen-bond donors (Lipinski definition) is 2. The Balaban J connectivity index is 1.39. The summed E-state index contributed by atoms with van der Waals surface area (Å²) in [5.41, 5.74) is 3.36. The van der Waals surface area contributed by atoms with Gasteiger partial charge in [0.05, 0.1) is 18.2 Å². The number of nitrogens with zero attached hydrogens (tertiary/aromatic N) is 2. The molecule has 39 heavy (non-hydrogen) atoms. The average Bonchev–Trinajstić information content (AvgIpc) is 3.46. The molecule has 0 bridgehead atoms. The number of nitrogens with one attached hydrogen (secondary N) is 2. The quantitative estimate of drug-likeness (QED) is 0.496. The summed E-state index contributed by atoms with van der Waals surface area (Å²) in [7, 11) is 0. The van der Waals surface area contributed by atoms with Crippen molar-refractivity contribution in [3.63, 3.8) is 0 Å². The Bertz CT molecular complexity index is 1260. The van der Waals surface area contributed by atoms with E-state index < -0.39 is 6.04 Å². The van der Waals surface area contributed by atoms with Gasteiger partial charge < -0.3 is 20.3 Å². The van der Waals surface area contributed by atoms with E-state index in [0.29, 0.717) is 18.7 Å². The Morgan fingerprint density at radius 2 is 1.85 bits per heavy atom. The molecule has 0 saturated carbocycles. The van der Waals surface area contributed by atoms with Crippen molar-refractivity contribution in [2.45, 2.75) is 51.2 Å². The summed E-state index contributed by atoms with van der Waals surface area (Å²) in [6.45, 7) is 3.52. The van der Waals surface area contributed by atoms with Gasteiger partial charge in [0, 0.05) is 32.1 Å². The van der Waals surface area contributed by atoms with Gasteiger partial charge in [-0.25, -0.2) is 0 Å². The third-order valence-electron chi connectivity index (χ3n) is 6.95. The van der Waals surface area contributed by atoms with Crippen molar-refractivity contribution >= 4 is 11.8 Å². The van der Waals surface area contributed by atoms with Crippen LogP contribution >= 0.6 is 0 Å². The van der Waals surface area contributed by atoms with Crippen molar-refractivity contribution in [1.82, 2.24) is 15.5 Å². The minimum absolute atomic E-state index is 0.0182. The number of benzene rings is 2. The summed E-state index contributed by atoms with van der Waals surface area (Å²) in [4.78, 5) is 27.0. The van der Waals surface area contributed by atoms with Crippen LogP contribution in [0.3, 0.4) is 0 Å². The van der Waals surface area contributed by atoms with Crippen LogP contribution in [0.2, 0.25) is 0 Å². The number of ether oxygens (including phenoxy) is 1. The highest BCUT2D eigenvalue weighted by Crippen LogP contribution is 2.20. The molecular weight excluding hydrogens is 488 g/mol. The summed E-state index contributed by atoms with van der Waals surface area (Å²) in [5, 5.41) is 15.5.